The summed E-state index contributed by atoms with van der Waals surface area (Å²) in [5, 5.41) is 15.7. The lowest BCUT2D eigenvalue weighted by molar-refractivity contribution is -0.141. The van der Waals surface area contributed by atoms with Gasteiger partial charge in [-0.1, -0.05) is 12.8 Å². The summed E-state index contributed by atoms with van der Waals surface area (Å²) in [6.45, 7) is 1.76. The standard InChI is InChI=1S/C9H14N5O2/c1-16-8(15)6-14-9(11-12-13-14)7-2-4-10-5-3-7/h7H,2-6H2,1H3/q-1. The third-order valence-electron chi connectivity index (χ3n) is 2.70. The van der Waals surface area contributed by atoms with Crippen LogP contribution >= 0.6 is 0 Å². The van der Waals surface area contributed by atoms with Crippen molar-refractivity contribution in [1.82, 2.24) is 20.2 Å². The lowest BCUT2D eigenvalue weighted by atomic mass is 9.97. The number of esters is 1. The predicted octanol–water partition coefficient (Wildman–Crippen LogP) is 0.0972. The molecule has 1 aromatic heterocycles. The SMILES string of the molecule is COC(=O)Cn1nnnc1C1CC[N-]CC1. The highest BCUT2D eigenvalue weighted by Crippen LogP contribution is 2.26. The van der Waals surface area contributed by atoms with Gasteiger partial charge in [-0.05, 0) is 10.4 Å². The van der Waals surface area contributed by atoms with Gasteiger partial charge in [-0.3, -0.25) is 4.79 Å². The van der Waals surface area contributed by atoms with Crippen LogP contribution in [-0.2, 0) is 16.1 Å². The molecule has 0 bridgehead atoms. The van der Waals surface area contributed by atoms with Crippen LogP contribution in [0.3, 0.4) is 0 Å². The van der Waals surface area contributed by atoms with Crippen LogP contribution in [0.25, 0.3) is 5.32 Å². The molecule has 1 aliphatic heterocycles. The Hall–Kier alpha value is -1.50. The van der Waals surface area contributed by atoms with E-state index in [2.05, 4.69) is 25.6 Å². The van der Waals surface area contributed by atoms with Gasteiger partial charge in [-0.2, -0.15) is 0 Å². The molecule has 1 aliphatic rings. The summed E-state index contributed by atoms with van der Waals surface area (Å²) < 4.78 is 6.11. The Morgan fingerprint density at radius 1 is 1.56 bits per heavy atom. The molecule has 1 fully saturated rings. The molecule has 0 aromatic carbocycles. The Balaban J connectivity index is 2.08. The van der Waals surface area contributed by atoms with Crippen LogP contribution in [0.15, 0.2) is 0 Å². The van der Waals surface area contributed by atoms with Gasteiger partial charge in [0.05, 0.1) is 7.11 Å². The lowest BCUT2D eigenvalue weighted by Gasteiger charge is -2.30. The zero-order valence-electron chi connectivity index (χ0n) is 9.17. The van der Waals surface area contributed by atoms with Crippen LogP contribution in [0.4, 0.5) is 0 Å². The van der Waals surface area contributed by atoms with E-state index in [0.29, 0.717) is 5.92 Å². The zero-order valence-corrected chi connectivity index (χ0v) is 9.17. The van der Waals surface area contributed by atoms with Crippen molar-refractivity contribution in [3.8, 4) is 0 Å². The van der Waals surface area contributed by atoms with E-state index in [1.165, 1.54) is 11.8 Å². The van der Waals surface area contributed by atoms with Gasteiger partial charge in [0.2, 0.25) is 0 Å². The molecule has 2 heterocycles. The van der Waals surface area contributed by atoms with Crippen LogP contribution in [0, 0.1) is 0 Å². The third-order valence-corrected chi connectivity index (χ3v) is 2.70. The van der Waals surface area contributed by atoms with E-state index in [-0.39, 0.29) is 12.5 Å². The predicted molar refractivity (Wildman–Crippen MR) is 54.9 cm³/mol. The van der Waals surface area contributed by atoms with Gasteiger partial charge in [-0.25, -0.2) is 4.68 Å². The first-order valence-electron chi connectivity index (χ1n) is 5.27. The summed E-state index contributed by atoms with van der Waals surface area (Å²) in [4.78, 5) is 11.2. The van der Waals surface area contributed by atoms with E-state index in [4.69, 9.17) is 0 Å². The molecular formula is C9H14N5O2-. The quantitative estimate of drug-likeness (QED) is 0.680. The summed E-state index contributed by atoms with van der Waals surface area (Å²) in [5.41, 5.74) is 0. The van der Waals surface area contributed by atoms with Crippen LogP contribution in [-0.4, -0.2) is 46.4 Å². The molecule has 1 saturated heterocycles. The van der Waals surface area contributed by atoms with Gasteiger partial charge in [0, 0.05) is 5.92 Å². The van der Waals surface area contributed by atoms with E-state index in [9.17, 15) is 4.79 Å². The minimum absolute atomic E-state index is 0.0759. The van der Waals surface area contributed by atoms with E-state index in [1.54, 1.807) is 0 Å². The highest BCUT2D eigenvalue weighted by molar-refractivity contribution is 5.68. The van der Waals surface area contributed by atoms with E-state index in [1.807, 2.05) is 0 Å². The monoisotopic (exact) mass is 224 g/mol. The number of tetrazole rings is 1. The van der Waals surface area contributed by atoms with Gasteiger partial charge in [0.15, 0.2) is 5.82 Å². The van der Waals surface area contributed by atoms with Crippen molar-refractivity contribution in [3.05, 3.63) is 11.1 Å². The van der Waals surface area contributed by atoms with Gasteiger partial charge < -0.3 is 10.1 Å². The number of hydrogen-bond acceptors (Lipinski definition) is 5. The summed E-state index contributed by atoms with van der Waals surface area (Å²) >= 11 is 0. The molecule has 2 rings (SSSR count). The number of carbonyl (C=O) groups excluding carboxylic acids is 1. The summed E-state index contributed by atoms with van der Waals surface area (Å²) in [7, 11) is 1.35. The van der Waals surface area contributed by atoms with Crippen molar-refractivity contribution < 1.29 is 9.53 Å². The molecular weight excluding hydrogens is 210 g/mol. The normalized spacial score (nSPS) is 17.3. The molecule has 16 heavy (non-hydrogen) atoms. The first-order valence-corrected chi connectivity index (χ1v) is 5.27. The number of piperidine rings is 1. The van der Waals surface area contributed by atoms with Gasteiger partial charge in [-0.15, -0.1) is 18.2 Å². The first kappa shape index (κ1) is 11.0. The third kappa shape index (κ3) is 2.35. The minimum atomic E-state index is -0.339. The van der Waals surface area contributed by atoms with Crippen molar-refractivity contribution in [3.63, 3.8) is 0 Å². The molecule has 0 radical (unpaired) electrons. The Morgan fingerprint density at radius 3 is 3.00 bits per heavy atom. The number of aromatic nitrogens is 4. The highest BCUT2D eigenvalue weighted by atomic mass is 16.5. The molecule has 0 unspecified atom stereocenters. The highest BCUT2D eigenvalue weighted by Gasteiger charge is 2.19. The fourth-order valence-corrected chi connectivity index (χ4v) is 1.81. The summed E-state index contributed by atoms with van der Waals surface area (Å²) in [5.74, 6) is 0.728. The van der Waals surface area contributed by atoms with Crippen LogP contribution in [0.5, 0.6) is 0 Å². The van der Waals surface area contributed by atoms with E-state index < -0.39 is 0 Å². The minimum Gasteiger partial charge on any atom is -0.662 e. The average molecular weight is 224 g/mol. The molecule has 0 N–H and O–H groups in total. The maximum Gasteiger partial charge on any atom is 0.327 e. The molecule has 88 valence electrons. The van der Waals surface area contributed by atoms with E-state index >= 15 is 0 Å². The maximum atomic E-state index is 11.2. The first-order chi connectivity index (χ1) is 7.81. The number of ether oxygens (including phenoxy) is 1. The number of carbonyl (C=O) groups is 1. The molecule has 7 heteroatoms. The Morgan fingerprint density at radius 2 is 2.31 bits per heavy atom. The van der Waals surface area contributed by atoms with E-state index in [0.717, 1.165) is 31.8 Å². The fourth-order valence-electron chi connectivity index (χ4n) is 1.81. The second-order valence-electron chi connectivity index (χ2n) is 3.72. The van der Waals surface area contributed by atoms with Gasteiger partial charge >= 0.3 is 5.97 Å². The molecule has 1 aromatic rings. The van der Waals surface area contributed by atoms with Gasteiger partial charge in [0.25, 0.3) is 0 Å². The van der Waals surface area contributed by atoms with Crippen LogP contribution < -0.4 is 0 Å². The summed E-state index contributed by atoms with van der Waals surface area (Å²) in [6, 6.07) is 0. The van der Waals surface area contributed by atoms with Gasteiger partial charge in [0.1, 0.15) is 6.54 Å². The molecule has 0 amide bonds. The lowest BCUT2D eigenvalue weighted by Crippen LogP contribution is -2.20. The average Bonchev–Trinajstić information content (AvgIpc) is 2.78. The molecule has 0 atom stereocenters. The molecule has 0 saturated carbocycles. The maximum absolute atomic E-state index is 11.2. The zero-order chi connectivity index (χ0) is 11.4. The largest absolute Gasteiger partial charge is 0.662 e. The van der Waals surface area contributed by atoms with Crippen molar-refractivity contribution in [2.75, 3.05) is 20.2 Å². The molecule has 0 spiro atoms. The van der Waals surface area contributed by atoms with Crippen molar-refractivity contribution in [2.45, 2.75) is 25.3 Å². The smallest absolute Gasteiger partial charge is 0.327 e. The number of rotatable bonds is 3. The Bertz CT molecular complexity index is 359. The number of hydrogen-bond donors (Lipinski definition) is 0. The van der Waals surface area contributed by atoms with Crippen molar-refractivity contribution in [1.29, 1.82) is 0 Å². The number of nitrogens with zero attached hydrogens (tertiary/aromatic N) is 5. The Labute approximate surface area is 93.2 Å². The summed E-state index contributed by atoms with van der Waals surface area (Å²) in [6.07, 6.45) is 1.89. The second-order valence-corrected chi connectivity index (χ2v) is 3.72. The topological polar surface area (TPSA) is 84.0 Å². The molecule has 0 aliphatic carbocycles. The second kappa shape index (κ2) is 5.02. The van der Waals surface area contributed by atoms with Crippen molar-refractivity contribution in [2.24, 2.45) is 0 Å². The Kier molecular flexibility index (Phi) is 3.45. The van der Waals surface area contributed by atoms with Crippen molar-refractivity contribution >= 4 is 5.97 Å². The fraction of sp³-hybridized carbons (Fsp3) is 0.778. The van der Waals surface area contributed by atoms with Crippen LogP contribution in [0.1, 0.15) is 24.6 Å². The molecule has 7 nitrogen and oxygen atoms in total. The van der Waals surface area contributed by atoms with Crippen LogP contribution in [0.2, 0.25) is 0 Å². The number of methoxy groups -OCH3 is 1.